The van der Waals surface area contributed by atoms with Crippen LogP contribution in [-0.4, -0.2) is 39.7 Å². The lowest BCUT2D eigenvalue weighted by Crippen LogP contribution is -2.47. The molecule has 1 saturated heterocycles. The molecule has 0 spiro atoms. The Hall–Kier alpha value is -1.40. The van der Waals surface area contributed by atoms with Crippen molar-refractivity contribution in [3.63, 3.8) is 0 Å². The summed E-state index contributed by atoms with van der Waals surface area (Å²) in [6, 6.07) is 6.32. The van der Waals surface area contributed by atoms with E-state index < -0.39 is 9.84 Å². The van der Waals surface area contributed by atoms with Crippen molar-refractivity contribution in [2.24, 2.45) is 5.92 Å². The van der Waals surface area contributed by atoms with E-state index in [-0.39, 0.29) is 10.8 Å². The van der Waals surface area contributed by atoms with E-state index in [0.717, 1.165) is 12.8 Å². The van der Waals surface area contributed by atoms with Crippen LogP contribution in [0.5, 0.6) is 0 Å². The Balaban J connectivity index is 1.94. The molecule has 1 amide bonds. The molecule has 21 heavy (non-hydrogen) atoms. The first-order chi connectivity index (χ1) is 9.88. The average Bonchev–Trinajstić information content (AvgIpc) is 2.45. The molecule has 1 fully saturated rings. The lowest BCUT2D eigenvalue weighted by Gasteiger charge is -2.30. The summed E-state index contributed by atoms with van der Waals surface area (Å²) in [5.41, 5.74) is 0.478. The Morgan fingerprint density at radius 1 is 1.33 bits per heavy atom. The normalized spacial score (nSPS) is 22.8. The first kappa shape index (κ1) is 16.0. The van der Waals surface area contributed by atoms with Gasteiger partial charge in [0.25, 0.3) is 5.91 Å². The minimum absolute atomic E-state index is 0.172. The first-order valence-electron chi connectivity index (χ1n) is 7.19. The van der Waals surface area contributed by atoms with Crippen molar-refractivity contribution in [1.82, 2.24) is 10.6 Å². The molecule has 1 heterocycles. The highest BCUT2D eigenvalue weighted by atomic mass is 32.2. The summed E-state index contributed by atoms with van der Waals surface area (Å²) in [7, 11) is -3.22. The molecule has 0 aromatic heterocycles. The van der Waals surface area contributed by atoms with Gasteiger partial charge in [-0.1, -0.05) is 6.92 Å². The Bertz CT molecular complexity index is 596. The fraction of sp³-hybridized carbons (Fsp3) is 0.533. The van der Waals surface area contributed by atoms with Crippen LogP contribution < -0.4 is 10.6 Å². The molecule has 5 nitrogen and oxygen atoms in total. The lowest BCUT2D eigenvalue weighted by atomic mass is 9.93. The van der Waals surface area contributed by atoms with Gasteiger partial charge in [0.15, 0.2) is 9.84 Å². The van der Waals surface area contributed by atoms with Gasteiger partial charge in [-0.05, 0) is 49.6 Å². The predicted molar refractivity (Wildman–Crippen MR) is 82.1 cm³/mol. The van der Waals surface area contributed by atoms with Gasteiger partial charge < -0.3 is 10.6 Å². The van der Waals surface area contributed by atoms with E-state index in [2.05, 4.69) is 17.6 Å². The van der Waals surface area contributed by atoms with Gasteiger partial charge in [-0.25, -0.2) is 8.42 Å². The third-order valence-corrected chi connectivity index (χ3v) is 5.09. The third-order valence-electron chi connectivity index (χ3n) is 3.96. The molecular formula is C15H22N2O3S. The van der Waals surface area contributed by atoms with Crippen LogP contribution in [-0.2, 0) is 9.84 Å². The van der Waals surface area contributed by atoms with Crippen molar-refractivity contribution in [3.8, 4) is 0 Å². The lowest BCUT2D eigenvalue weighted by molar-refractivity contribution is 0.0943. The summed E-state index contributed by atoms with van der Waals surface area (Å²) in [5, 5.41) is 6.32. The number of carbonyl (C=O) groups excluding carboxylic acids is 1. The molecule has 116 valence electrons. The van der Waals surface area contributed by atoms with E-state index in [1.165, 1.54) is 25.0 Å². The number of nitrogens with one attached hydrogen (secondary N) is 2. The number of hydrogen-bond acceptors (Lipinski definition) is 4. The van der Waals surface area contributed by atoms with Crippen LogP contribution >= 0.6 is 0 Å². The van der Waals surface area contributed by atoms with Gasteiger partial charge in [0.05, 0.1) is 4.90 Å². The van der Waals surface area contributed by atoms with E-state index in [1.807, 2.05) is 0 Å². The summed E-state index contributed by atoms with van der Waals surface area (Å²) >= 11 is 0. The molecule has 6 heteroatoms. The fourth-order valence-electron chi connectivity index (χ4n) is 2.55. The maximum absolute atomic E-state index is 12.1. The van der Waals surface area contributed by atoms with Crippen molar-refractivity contribution in [2.75, 3.05) is 19.3 Å². The molecular weight excluding hydrogens is 288 g/mol. The van der Waals surface area contributed by atoms with Gasteiger partial charge in [0.1, 0.15) is 0 Å². The number of sulfone groups is 1. The summed E-state index contributed by atoms with van der Waals surface area (Å²) in [6.07, 6.45) is 3.51. The number of amides is 1. The third kappa shape index (κ3) is 4.28. The second-order valence-corrected chi connectivity index (χ2v) is 7.70. The van der Waals surface area contributed by atoms with E-state index in [1.54, 1.807) is 12.1 Å². The zero-order valence-electron chi connectivity index (χ0n) is 12.4. The second-order valence-electron chi connectivity index (χ2n) is 5.69. The number of piperidine rings is 1. The minimum Gasteiger partial charge on any atom is -0.350 e. The van der Waals surface area contributed by atoms with Crippen molar-refractivity contribution in [1.29, 1.82) is 0 Å². The fourth-order valence-corrected chi connectivity index (χ4v) is 3.18. The number of carbonyl (C=O) groups is 1. The molecule has 0 aliphatic carbocycles. The zero-order chi connectivity index (χ0) is 15.5. The summed E-state index contributed by atoms with van der Waals surface area (Å²) in [5.74, 6) is 0.376. The summed E-state index contributed by atoms with van der Waals surface area (Å²) < 4.78 is 22.7. The number of hydrogen-bond donors (Lipinski definition) is 2. The predicted octanol–water partition coefficient (Wildman–Crippen LogP) is 1.21. The Kier molecular flexibility index (Phi) is 5.00. The van der Waals surface area contributed by atoms with Crippen LogP contribution in [0.1, 0.15) is 30.1 Å². The zero-order valence-corrected chi connectivity index (χ0v) is 13.2. The average molecular weight is 310 g/mol. The number of rotatable bonds is 4. The van der Waals surface area contributed by atoms with Crippen LogP contribution in [0.15, 0.2) is 29.2 Å². The smallest absolute Gasteiger partial charge is 0.251 e. The molecule has 2 unspecified atom stereocenters. The summed E-state index contributed by atoms with van der Waals surface area (Å²) in [6.45, 7) is 3.77. The monoisotopic (exact) mass is 310 g/mol. The standard InChI is InChI=1S/C15H22N2O3S/c1-11-4-3-9-16-14(11)10-17-15(18)12-5-7-13(8-6-12)21(2,19)20/h5-8,11,14,16H,3-4,9-10H2,1-2H3,(H,17,18). The number of benzene rings is 1. The quantitative estimate of drug-likeness (QED) is 0.876. The highest BCUT2D eigenvalue weighted by Crippen LogP contribution is 2.15. The largest absolute Gasteiger partial charge is 0.350 e. The molecule has 1 aromatic carbocycles. The van der Waals surface area contributed by atoms with Crippen molar-refractivity contribution >= 4 is 15.7 Å². The molecule has 0 radical (unpaired) electrons. The molecule has 0 bridgehead atoms. The van der Waals surface area contributed by atoms with Gasteiger partial charge in [-0.2, -0.15) is 0 Å². The molecule has 1 aliphatic rings. The van der Waals surface area contributed by atoms with Crippen molar-refractivity contribution in [2.45, 2.75) is 30.7 Å². The Morgan fingerprint density at radius 3 is 2.57 bits per heavy atom. The Labute approximate surface area is 126 Å². The van der Waals surface area contributed by atoms with Crippen molar-refractivity contribution in [3.05, 3.63) is 29.8 Å². The van der Waals surface area contributed by atoms with E-state index in [0.29, 0.717) is 24.1 Å². The molecule has 1 aliphatic heterocycles. The molecule has 2 atom stereocenters. The van der Waals surface area contributed by atoms with E-state index in [9.17, 15) is 13.2 Å². The van der Waals surface area contributed by atoms with E-state index >= 15 is 0 Å². The van der Waals surface area contributed by atoms with Gasteiger partial charge in [0, 0.05) is 24.4 Å². The maximum atomic E-state index is 12.1. The van der Waals surface area contributed by atoms with Crippen LogP contribution in [0, 0.1) is 5.92 Å². The molecule has 0 saturated carbocycles. The summed E-state index contributed by atoms with van der Waals surface area (Å²) in [4.78, 5) is 12.3. The van der Waals surface area contributed by atoms with Gasteiger partial charge in [-0.3, -0.25) is 4.79 Å². The highest BCUT2D eigenvalue weighted by molar-refractivity contribution is 7.90. The first-order valence-corrected chi connectivity index (χ1v) is 9.09. The van der Waals surface area contributed by atoms with Crippen LogP contribution in [0.2, 0.25) is 0 Å². The van der Waals surface area contributed by atoms with Crippen LogP contribution in [0.4, 0.5) is 0 Å². The molecule has 2 rings (SSSR count). The highest BCUT2D eigenvalue weighted by Gasteiger charge is 2.21. The maximum Gasteiger partial charge on any atom is 0.251 e. The minimum atomic E-state index is -3.22. The van der Waals surface area contributed by atoms with Crippen LogP contribution in [0.3, 0.4) is 0 Å². The Morgan fingerprint density at radius 2 is 2.00 bits per heavy atom. The van der Waals surface area contributed by atoms with Gasteiger partial charge >= 0.3 is 0 Å². The second kappa shape index (κ2) is 6.58. The topological polar surface area (TPSA) is 75.3 Å². The van der Waals surface area contributed by atoms with Gasteiger partial charge in [0.2, 0.25) is 0 Å². The van der Waals surface area contributed by atoms with Gasteiger partial charge in [-0.15, -0.1) is 0 Å². The van der Waals surface area contributed by atoms with E-state index in [4.69, 9.17) is 0 Å². The molecule has 2 N–H and O–H groups in total. The molecule has 1 aromatic rings. The van der Waals surface area contributed by atoms with Crippen molar-refractivity contribution < 1.29 is 13.2 Å². The van der Waals surface area contributed by atoms with Crippen LogP contribution in [0.25, 0.3) is 0 Å². The SMILES string of the molecule is CC1CCCNC1CNC(=O)c1ccc(S(C)(=O)=O)cc1.